The molecule has 0 radical (unpaired) electrons. The Hall–Kier alpha value is -2.20. The van der Waals surface area contributed by atoms with E-state index >= 15 is 0 Å². The molecule has 2 aromatic rings. The molecule has 1 atom stereocenters. The molecule has 0 spiro atoms. The van der Waals surface area contributed by atoms with E-state index in [9.17, 15) is 18.0 Å². The van der Waals surface area contributed by atoms with Crippen LogP contribution in [0.3, 0.4) is 0 Å². The van der Waals surface area contributed by atoms with E-state index in [0.717, 1.165) is 16.1 Å². The highest BCUT2D eigenvalue weighted by molar-refractivity contribution is 7.92. The highest BCUT2D eigenvalue weighted by Gasteiger charge is 2.31. The number of methoxy groups -OCH3 is 1. The zero-order valence-electron chi connectivity index (χ0n) is 19.1. The molecule has 0 aromatic heterocycles. The number of ether oxygens (including phenoxy) is 1. The summed E-state index contributed by atoms with van der Waals surface area (Å²) >= 11 is 18.3. The summed E-state index contributed by atoms with van der Waals surface area (Å²) in [5.41, 5.74) is 0.728. The fraction of sp³-hybridized carbons (Fsp3) is 0.364. The predicted octanol–water partition coefficient (Wildman–Crippen LogP) is 3.97. The van der Waals surface area contributed by atoms with Crippen molar-refractivity contribution in [3.8, 4) is 5.75 Å². The Morgan fingerprint density at radius 3 is 2.18 bits per heavy atom. The number of sulfonamides is 1. The number of rotatable bonds is 10. The molecule has 12 heteroatoms. The number of halogens is 3. The van der Waals surface area contributed by atoms with Gasteiger partial charge in [0.25, 0.3) is 0 Å². The van der Waals surface area contributed by atoms with Crippen molar-refractivity contribution in [1.29, 1.82) is 0 Å². The largest absolute Gasteiger partial charge is 0.497 e. The summed E-state index contributed by atoms with van der Waals surface area (Å²) < 4.78 is 31.2. The van der Waals surface area contributed by atoms with Gasteiger partial charge < -0.3 is 15.0 Å². The van der Waals surface area contributed by atoms with Crippen LogP contribution in [0.4, 0.5) is 5.69 Å². The molecule has 34 heavy (non-hydrogen) atoms. The van der Waals surface area contributed by atoms with E-state index in [-0.39, 0.29) is 33.2 Å². The molecular formula is C22H26Cl3N3O5S. The van der Waals surface area contributed by atoms with Gasteiger partial charge in [0.15, 0.2) is 0 Å². The first-order valence-electron chi connectivity index (χ1n) is 10.2. The number of likely N-dealkylation sites (N-methyl/N-ethyl adjacent to an activating group) is 1. The highest BCUT2D eigenvalue weighted by Crippen LogP contribution is 2.35. The highest BCUT2D eigenvalue weighted by atomic mass is 35.5. The Bertz CT molecular complexity index is 1140. The van der Waals surface area contributed by atoms with Crippen LogP contribution in [-0.4, -0.2) is 57.6 Å². The lowest BCUT2D eigenvalue weighted by Crippen LogP contribution is -2.51. The molecule has 0 bridgehead atoms. The van der Waals surface area contributed by atoms with E-state index in [0.29, 0.717) is 12.3 Å². The standard InChI is InChI=1S/C22H26Cl3N3O5S/c1-5-26-22(30)14(2)27(12-15-6-8-16(33-3)9-7-15)21(29)13-28(34(4,31)32)20-11-18(24)17(23)10-19(20)25/h6-11,14H,5,12-13H2,1-4H3,(H,26,30). The van der Waals surface area contributed by atoms with Gasteiger partial charge in [-0.15, -0.1) is 0 Å². The quantitative estimate of drug-likeness (QED) is 0.452. The van der Waals surface area contributed by atoms with Gasteiger partial charge >= 0.3 is 0 Å². The summed E-state index contributed by atoms with van der Waals surface area (Å²) in [4.78, 5) is 27.3. The van der Waals surface area contributed by atoms with Crippen LogP contribution in [0.15, 0.2) is 36.4 Å². The van der Waals surface area contributed by atoms with Crippen LogP contribution in [-0.2, 0) is 26.2 Å². The molecule has 0 heterocycles. The van der Waals surface area contributed by atoms with Gasteiger partial charge in [0, 0.05) is 13.1 Å². The first-order valence-corrected chi connectivity index (χ1v) is 13.2. The molecule has 1 N–H and O–H groups in total. The molecule has 0 fully saturated rings. The molecule has 1 unspecified atom stereocenters. The third-order valence-electron chi connectivity index (χ3n) is 4.97. The second-order valence-corrected chi connectivity index (χ2v) is 10.6. The lowest BCUT2D eigenvalue weighted by Gasteiger charge is -2.31. The van der Waals surface area contributed by atoms with E-state index in [1.54, 1.807) is 38.1 Å². The first-order chi connectivity index (χ1) is 15.9. The van der Waals surface area contributed by atoms with Crippen molar-refractivity contribution in [2.45, 2.75) is 26.4 Å². The average Bonchev–Trinajstić information content (AvgIpc) is 2.77. The van der Waals surface area contributed by atoms with Crippen LogP contribution in [0, 0.1) is 0 Å². The van der Waals surface area contributed by atoms with Gasteiger partial charge in [-0.3, -0.25) is 13.9 Å². The summed E-state index contributed by atoms with van der Waals surface area (Å²) in [6.45, 7) is 3.17. The molecule has 0 saturated heterocycles. The minimum atomic E-state index is -3.95. The topological polar surface area (TPSA) is 96.0 Å². The number of nitrogens with one attached hydrogen (secondary N) is 1. The van der Waals surface area contributed by atoms with Crippen LogP contribution < -0.4 is 14.4 Å². The fourth-order valence-corrected chi connectivity index (χ4v) is 4.68. The number of anilines is 1. The first kappa shape index (κ1) is 28.0. The molecular weight excluding hydrogens is 525 g/mol. The van der Waals surface area contributed by atoms with Crippen molar-refractivity contribution in [1.82, 2.24) is 10.2 Å². The molecule has 0 aliphatic carbocycles. The minimum Gasteiger partial charge on any atom is -0.497 e. The third kappa shape index (κ3) is 7.15. The Morgan fingerprint density at radius 2 is 1.65 bits per heavy atom. The Balaban J connectivity index is 2.44. The normalized spacial score (nSPS) is 12.1. The van der Waals surface area contributed by atoms with E-state index < -0.39 is 28.5 Å². The SMILES string of the molecule is CCNC(=O)C(C)N(Cc1ccc(OC)cc1)C(=O)CN(c1cc(Cl)c(Cl)cc1Cl)S(C)(=O)=O. The number of carbonyl (C=O) groups excluding carboxylic acids is 2. The number of carbonyl (C=O) groups is 2. The van der Waals surface area contributed by atoms with Crippen molar-refractivity contribution in [2.24, 2.45) is 0 Å². The van der Waals surface area contributed by atoms with E-state index in [1.165, 1.54) is 24.1 Å². The van der Waals surface area contributed by atoms with Gasteiger partial charge in [0.2, 0.25) is 21.8 Å². The maximum Gasteiger partial charge on any atom is 0.244 e. The molecule has 186 valence electrons. The second kappa shape index (κ2) is 12.0. The van der Waals surface area contributed by atoms with E-state index in [4.69, 9.17) is 39.5 Å². The number of benzene rings is 2. The Labute approximate surface area is 214 Å². The van der Waals surface area contributed by atoms with Crippen LogP contribution >= 0.6 is 34.8 Å². The van der Waals surface area contributed by atoms with E-state index in [2.05, 4.69) is 5.32 Å². The predicted molar refractivity (Wildman–Crippen MR) is 135 cm³/mol. The van der Waals surface area contributed by atoms with Gasteiger partial charge in [-0.25, -0.2) is 8.42 Å². The second-order valence-electron chi connectivity index (χ2n) is 7.43. The lowest BCUT2D eigenvalue weighted by molar-refractivity contribution is -0.139. The number of nitrogens with zero attached hydrogens (tertiary/aromatic N) is 2. The lowest BCUT2D eigenvalue weighted by atomic mass is 10.1. The molecule has 8 nitrogen and oxygen atoms in total. The van der Waals surface area contributed by atoms with Gasteiger partial charge in [0.05, 0.1) is 34.1 Å². The summed E-state index contributed by atoms with van der Waals surface area (Å²) in [7, 11) is -2.42. The number of hydrogen-bond acceptors (Lipinski definition) is 5. The number of hydrogen-bond donors (Lipinski definition) is 1. The van der Waals surface area contributed by atoms with Crippen LogP contribution in [0.1, 0.15) is 19.4 Å². The smallest absolute Gasteiger partial charge is 0.244 e. The Morgan fingerprint density at radius 1 is 1.06 bits per heavy atom. The molecule has 0 aliphatic rings. The summed E-state index contributed by atoms with van der Waals surface area (Å²) in [5, 5.41) is 2.91. The zero-order chi connectivity index (χ0) is 25.6. The summed E-state index contributed by atoms with van der Waals surface area (Å²) in [6, 6.07) is 8.68. The van der Waals surface area contributed by atoms with Crippen molar-refractivity contribution in [3.63, 3.8) is 0 Å². The van der Waals surface area contributed by atoms with Crippen LogP contribution in [0.2, 0.25) is 15.1 Å². The molecule has 0 aliphatic heterocycles. The van der Waals surface area contributed by atoms with Crippen molar-refractivity contribution in [2.75, 3.05) is 30.8 Å². The molecule has 2 amide bonds. The maximum absolute atomic E-state index is 13.4. The summed E-state index contributed by atoms with van der Waals surface area (Å²) in [5.74, 6) is -0.346. The zero-order valence-corrected chi connectivity index (χ0v) is 22.2. The van der Waals surface area contributed by atoms with Crippen LogP contribution in [0.5, 0.6) is 5.75 Å². The van der Waals surface area contributed by atoms with Crippen molar-refractivity contribution in [3.05, 3.63) is 57.0 Å². The van der Waals surface area contributed by atoms with Gasteiger partial charge in [0.1, 0.15) is 18.3 Å². The fourth-order valence-electron chi connectivity index (χ4n) is 3.13. The van der Waals surface area contributed by atoms with E-state index in [1.807, 2.05) is 0 Å². The van der Waals surface area contributed by atoms with Gasteiger partial charge in [-0.05, 0) is 43.7 Å². The Kier molecular flexibility index (Phi) is 9.87. The van der Waals surface area contributed by atoms with Crippen molar-refractivity contribution < 1.29 is 22.7 Å². The molecule has 2 aromatic carbocycles. The molecule has 2 rings (SSSR count). The molecule has 0 saturated carbocycles. The monoisotopic (exact) mass is 549 g/mol. The average molecular weight is 551 g/mol. The maximum atomic E-state index is 13.4. The minimum absolute atomic E-state index is 0.00183. The van der Waals surface area contributed by atoms with Crippen LogP contribution in [0.25, 0.3) is 0 Å². The van der Waals surface area contributed by atoms with Gasteiger partial charge in [-0.2, -0.15) is 0 Å². The number of amides is 2. The van der Waals surface area contributed by atoms with Crippen molar-refractivity contribution >= 4 is 62.3 Å². The third-order valence-corrected chi connectivity index (χ3v) is 7.12. The summed E-state index contributed by atoms with van der Waals surface area (Å²) in [6.07, 6.45) is 0.945. The van der Waals surface area contributed by atoms with Gasteiger partial charge in [-0.1, -0.05) is 46.9 Å².